The topological polar surface area (TPSA) is 54.4 Å². The predicted molar refractivity (Wildman–Crippen MR) is 97.3 cm³/mol. The minimum absolute atomic E-state index is 0.242. The standard InChI is InChI=1S/C17H15BrFN3OS/c1-10(12-5-3-4-6-13(12)19)21-16-22-15(23)17(2,24-16)11-7-8-20-14(18)9-11/h3-10H,1-2H3,(H,21,22,23)/t10-,17?/m0/s1. The summed E-state index contributed by atoms with van der Waals surface area (Å²) in [5, 5.41) is 3.62. The van der Waals surface area contributed by atoms with Crippen molar-refractivity contribution in [2.75, 3.05) is 0 Å². The van der Waals surface area contributed by atoms with Crippen molar-refractivity contribution in [2.24, 2.45) is 4.99 Å². The smallest absolute Gasteiger partial charge is 0.268 e. The van der Waals surface area contributed by atoms with Crippen LogP contribution in [0.1, 0.15) is 31.0 Å². The quantitative estimate of drug-likeness (QED) is 0.775. The zero-order valence-corrected chi connectivity index (χ0v) is 15.5. The van der Waals surface area contributed by atoms with Crippen molar-refractivity contribution >= 4 is 38.8 Å². The Morgan fingerprint density at radius 2 is 2.08 bits per heavy atom. The number of benzene rings is 1. The summed E-state index contributed by atoms with van der Waals surface area (Å²) in [6.45, 7) is 3.67. The van der Waals surface area contributed by atoms with E-state index in [1.54, 1.807) is 30.5 Å². The Hall–Kier alpha value is -1.73. The molecular formula is C17H15BrFN3OS. The first-order valence-corrected chi connectivity index (χ1v) is 8.96. The summed E-state index contributed by atoms with van der Waals surface area (Å²) in [7, 11) is 0. The summed E-state index contributed by atoms with van der Waals surface area (Å²) in [6, 6.07) is 9.88. The largest absolute Gasteiger partial charge is 0.358 e. The number of hydrogen-bond donors (Lipinski definition) is 1. The molecule has 2 heterocycles. The minimum atomic E-state index is -0.817. The van der Waals surface area contributed by atoms with Crippen LogP contribution >= 0.6 is 27.7 Å². The lowest BCUT2D eigenvalue weighted by Gasteiger charge is -2.21. The van der Waals surface area contributed by atoms with Crippen LogP contribution in [0.15, 0.2) is 52.2 Å². The molecule has 0 saturated carbocycles. The molecule has 0 spiro atoms. The predicted octanol–water partition coefficient (Wildman–Crippen LogP) is 4.18. The molecule has 0 aliphatic carbocycles. The van der Waals surface area contributed by atoms with Crippen molar-refractivity contribution in [1.82, 2.24) is 10.3 Å². The SMILES string of the molecule is C[C@H](NC1=NC(=O)C(C)(c2ccnc(Br)c2)S1)c1ccccc1F. The molecule has 3 rings (SSSR count). The van der Waals surface area contributed by atoms with E-state index in [1.807, 2.05) is 19.9 Å². The van der Waals surface area contributed by atoms with Crippen LogP contribution in [0.2, 0.25) is 0 Å². The summed E-state index contributed by atoms with van der Waals surface area (Å²) >= 11 is 4.65. The summed E-state index contributed by atoms with van der Waals surface area (Å²) < 4.78 is 13.7. The number of nitrogens with one attached hydrogen (secondary N) is 1. The number of amides is 1. The number of thioether (sulfide) groups is 1. The molecule has 4 nitrogen and oxygen atoms in total. The van der Waals surface area contributed by atoms with Crippen LogP contribution in [0.5, 0.6) is 0 Å². The highest BCUT2D eigenvalue weighted by molar-refractivity contribution is 9.10. The first-order chi connectivity index (χ1) is 11.4. The number of nitrogens with zero attached hydrogens (tertiary/aromatic N) is 2. The van der Waals surface area contributed by atoms with Crippen LogP contribution in [0.4, 0.5) is 4.39 Å². The van der Waals surface area contributed by atoms with E-state index in [1.165, 1.54) is 17.8 Å². The number of aromatic nitrogens is 1. The normalized spacial score (nSPS) is 21.5. The van der Waals surface area contributed by atoms with Gasteiger partial charge in [-0.15, -0.1) is 0 Å². The molecule has 0 bridgehead atoms. The van der Waals surface area contributed by atoms with Crippen molar-refractivity contribution in [1.29, 1.82) is 0 Å². The molecule has 1 N–H and O–H groups in total. The molecule has 1 aliphatic heterocycles. The average Bonchev–Trinajstić information content (AvgIpc) is 2.83. The molecule has 1 aromatic heterocycles. The van der Waals surface area contributed by atoms with Gasteiger partial charge in [0.1, 0.15) is 15.2 Å². The third kappa shape index (κ3) is 3.23. The molecular weight excluding hydrogens is 393 g/mol. The van der Waals surface area contributed by atoms with Crippen molar-refractivity contribution in [3.05, 3.63) is 64.1 Å². The van der Waals surface area contributed by atoms with Crippen LogP contribution in [-0.4, -0.2) is 16.1 Å². The lowest BCUT2D eigenvalue weighted by atomic mass is 10.0. The zero-order valence-electron chi connectivity index (χ0n) is 13.1. The van der Waals surface area contributed by atoms with Gasteiger partial charge in [0.25, 0.3) is 5.91 Å². The van der Waals surface area contributed by atoms with Gasteiger partial charge < -0.3 is 5.32 Å². The Bertz CT molecular complexity index is 829. The number of aliphatic imine (C=N–C) groups is 1. The molecule has 0 saturated heterocycles. The number of halogens is 2. The third-order valence-corrected chi connectivity index (χ3v) is 5.56. The van der Waals surface area contributed by atoms with E-state index in [2.05, 4.69) is 31.2 Å². The van der Waals surface area contributed by atoms with Crippen LogP contribution in [0.25, 0.3) is 0 Å². The molecule has 7 heteroatoms. The fourth-order valence-corrected chi connectivity index (χ4v) is 3.98. The van der Waals surface area contributed by atoms with E-state index in [9.17, 15) is 9.18 Å². The Labute approximate surface area is 152 Å². The van der Waals surface area contributed by atoms with Crippen molar-refractivity contribution in [2.45, 2.75) is 24.6 Å². The van der Waals surface area contributed by atoms with Crippen LogP contribution in [-0.2, 0) is 9.54 Å². The maximum atomic E-state index is 13.9. The molecule has 1 aliphatic rings. The monoisotopic (exact) mass is 407 g/mol. The van der Waals surface area contributed by atoms with Gasteiger partial charge in [-0.05, 0) is 53.5 Å². The molecule has 24 heavy (non-hydrogen) atoms. The summed E-state index contributed by atoms with van der Waals surface area (Å²) in [6.07, 6.45) is 1.64. The van der Waals surface area contributed by atoms with E-state index < -0.39 is 4.75 Å². The van der Waals surface area contributed by atoms with E-state index >= 15 is 0 Å². The van der Waals surface area contributed by atoms with E-state index in [-0.39, 0.29) is 17.8 Å². The lowest BCUT2D eigenvalue weighted by Crippen LogP contribution is -2.27. The minimum Gasteiger partial charge on any atom is -0.358 e. The van der Waals surface area contributed by atoms with Crippen molar-refractivity contribution < 1.29 is 9.18 Å². The van der Waals surface area contributed by atoms with Crippen molar-refractivity contribution in [3.8, 4) is 0 Å². The van der Waals surface area contributed by atoms with Gasteiger partial charge in [0.05, 0.1) is 6.04 Å². The van der Waals surface area contributed by atoms with Crippen LogP contribution in [0.3, 0.4) is 0 Å². The number of carbonyl (C=O) groups excluding carboxylic acids is 1. The number of rotatable bonds is 3. The number of hydrogen-bond acceptors (Lipinski definition) is 4. The van der Waals surface area contributed by atoms with Gasteiger partial charge in [0, 0.05) is 11.8 Å². The van der Waals surface area contributed by atoms with Gasteiger partial charge in [-0.25, -0.2) is 9.37 Å². The molecule has 1 unspecified atom stereocenters. The second-order valence-electron chi connectivity index (χ2n) is 5.61. The molecule has 2 aromatic rings. The van der Waals surface area contributed by atoms with Crippen molar-refractivity contribution in [3.63, 3.8) is 0 Å². The molecule has 0 radical (unpaired) electrons. The van der Waals surface area contributed by atoms with Gasteiger partial charge in [0.15, 0.2) is 5.17 Å². The number of pyridine rings is 1. The average molecular weight is 408 g/mol. The van der Waals surface area contributed by atoms with Gasteiger partial charge in [-0.2, -0.15) is 4.99 Å². The highest BCUT2D eigenvalue weighted by atomic mass is 79.9. The maximum Gasteiger partial charge on any atom is 0.268 e. The highest BCUT2D eigenvalue weighted by Crippen LogP contribution is 2.43. The Morgan fingerprint density at radius 1 is 1.33 bits per heavy atom. The Morgan fingerprint density at radius 3 is 2.79 bits per heavy atom. The van der Waals surface area contributed by atoms with E-state index in [4.69, 9.17) is 0 Å². The maximum absolute atomic E-state index is 13.9. The first-order valence-electron chi connectivity index (χ1n) is 7.35. The van der Waals surface area contributed by atoms with E-state index in [0.29, 0.717) is 15.3 Å². The second kappa shape index (κ2) is 6.64. The van der Waals surface area contributed by atoms with Crippen LogP contribution in [0, 0.1) is 5.82 Å². The van der Waals surface area contributed by atoms with Gasteiger partial charge >= 0.3 is 0 Å². The fraction of sp³-hybridized carbons (Fsp3) is 0.235. The van der Waals surface area contributed by atoms with E-state index in [0.717, 1.165) is 5.56 Å². The van der Waals surface area contributed by atoms with Gasteiger partial charge in [-0.1, -0.05) is 30.0 Å². The van der Waals surface area contributed by atoms with Crippen LogP contribution < -0.4 is 5.32 Å². The summed E-state index contributed by atoms with van der Waals surface area (Å²) in [5.41, 5.74) is 1.35. The molecule has 0 fully saturated rings. The lowest BCUT2D eigenvalue weighted by molar-refractivity contribution is -0.119. The van der Waals surface area contributed by atoms with Gasteiger partial charge in [-0.3, -0.25) is 4.79 Å². The second-order valence-corrected chi connectivity index (χ2v) is 7.83. The Balaban J connectivity index is 1.79. The number of carbonyl (C=O) groups is 1. The first kappa shape index (κ1) is 17.1. The highest BCUT2D eigenvalue weighted by Gasteiger charge is 2.43. The molecule has 124 valence electrons. The number of amidine groups is 1. The summed E-state index contributed by atoms with van der Waals surface area (Å²) in [5.74, 6) is -0.526. The fourth-order valence-electron chi connectivity index (χ4n) is 2.49. The Kier molecular flexibility index (Phi) is 4.73. The zero-order chi connectivity index (χ0) is 17.3. The molecule has 1 aromatic carbocycles. The molecule has 1 amide bonds. The summed E-state index contributed by atoms with van der Waals surface area (Å²) in [4.78, 5) is 20.6. The third-order valence-electron chi connectivity index (χ3n) is 3.90. The molecule has 2 atom stereocenters. The van der Waals surface area contributed by atoms with Gasteiger partial charge in [0.2, 0.25) is 0 Å².